The summed E-state index contributed by atoms with van der Waals surface area (Å²) in [6, 6.07) is 25.8. The lowest BCUT2D eigenvalue weighted by Crippen LogP contribution is -2.54. The van der Waals surface area contributed by atoms with Crippen LogP contribution in [-0.4, -0.2) is 48.5 Å². The first-order valence-corrected chi connectivity index (χ1v) is 13.0. The molecule has 2 N–H and O–H groups in total. The highest BCUT2D eigenvalue weighted by Gasteiger charge is 2.33. The van der Waals surface area contributed by atoms with E-state index < -0.39 is 29.8 Å². The molecule has 2 atom stereocenters. The van der Waals surface area contributed by atoms with E-state index in [0.717, 1.165) is 16.7 Å². The SMILES string of the molecule is CN1C(=O)[C@H](NC(=O)[C@@H](CCc2ccccc2)NC(=O)OC(C)(C)C)N=C(c2ccccc2)c2ccccc21. The second-order valence-corrected chi connectivity index (χ2v) is 10.4. The van der Waals surface area contributed by atoms with Gasteiger partial charge in [0.05, 0.1) is 11.4 Å². The van der Waals surface area contributed by atoms with E-state index in [1.165, 1.54) is 4.90 Å². The van der Waals surface area contributed by atoms with Crippen LogP contribution in [-0.2, 0) is 20.7 Å². The van der Waals surface area contributed by atoms with Gasteiger partial charge in [-0.3, -0.25) is 9.59 Å². The Bertz CT molecular complexity index is 1350. The van der Waals surface area contributed by atoms with Crippen LogP contribution in [0.25, 0.3) is 0 Å². The Hall–Kier alpha value is -4.46. The lowest BCUT2D eigenvalue weighted by Gasteiger charge is -2.25. The Morgan fingerprint density at radius 2 is 1.56 bits per heavy atom. The maximum Gasteiger partial charge on any atom is 0.408 e. The number of carbonyl (C=O) groups excluding carboxylic acids is 3. The summed E-state index contributed by atoms with van der Waals surface area (Å²) >= 11 is 0. The number of rotatable bonds is 7. The molecule has 1 aliphatic heterocycles. The molecule has 1 aliphatic rings. The first-order chi connectivity index (χ1) is 18.6. The van der Waals surface area contributed by atoms with E-state index in [-0.39, 0.29) is 5.91 Å². The second-order valence-electron chi connectivity index (χ2n) is 10.4. The zero-order chi connectivity index (χ0) is 28.0. The molecule has 0 fully saturated rings. The summed E-state index contributed by atoms with van der Waals surface area (Å²) in [7, 11) is 1.66. The van der Waals surface area contributed by atoms with Gasteiger partial charge < -0.3 is 20.3 Å². The molecule has 0 saturated carbocycles. The van der Waals surface area contributed by atoms with Crippen LogP contribution < -0.4 is 15.5 Å². The van der Waals surface area contributed by atoms with E-state index in [1.54, 1.807) is 27.8 Å². The maximum absolute atomic E-state index is 13.6. The molecule has 3 amide bonds. The molecule has 0 aliphatic carbocycles. The number of benzene rings is 3. The van der Waals surface area contributed by atoms with E-state index in [0.29, 0.717) is 24.2 Å². The van der Waals surface area contributed by atoms with Gasteiger partial charge in [0.25, 0.3) is 5.91 Å². The molecule has 0 aromatic heterocycles. The van der Waals surface area contributed by atoms with Crippen molar-refractivity contribution in [3.63, 3.8) is 0 Å². The first kappa shape index (κ1) is 27.6. The van der Waals surface area contributed by atoms with Crippen LogP contribution >= 0.6 is 0 Å². The standard InChI is InChI=1S/C31H34N4O4/c1-31(2,3)39-30(38)32-24(20-19-21-13-7-5-8-14-21)28(36)34-27-29(37)35(4)25-18-12-11-17-23(25)26(33-27)22-15-9-6-10-16-22/h5-18,24,27H,19-20H2,1-4H3,(H,32,38)(H,34,36)/t24-,27+/m1/s1. The third-order valence-electron chi connectivity index (χ3n) is 6.24. The largest absolute Gasteiger partial charge is 0.444 e. The molecular weight excluding hydrogens is 492 g/mol. The van der Waals surface area contributed by atoms with Crippen molar-refractivity contribution in [1.82, 2.24) is 10.6 Å². The zero-order valence-electron chi connectivity index (χ0n) is 22.7. The summed E-state index contributed by atoms with van der Waals surface area (Å²) < 4.78 is 5.40. The number of amides is 3. The number of benzodiazepines with no additional fused rings is 1. The van der Waals surface area contributed by atoms with Crippen molar-refractivity contribution in [2.24, 2.45) is 4.99 Å². The Morgan fingerprint density at radius 3 is 2.23 bits per heavy atom. The van der Waals surface area contributed by atoms with Crippen molar-refractivity contribution < 1.29 is 19.1 Å². The summed E-state index contributed by atoms with van der Waals surface area (Å²) in [6.07, 6.45) is -1.05. The Kier molecular flexibility index (Phi) is 8.44. The Balaban J connectivity index is 1.63. The molecule has 4 rings (SSSR count). The number of para-hydroxylation sites is 1. The summed E-state index contributed by atoms with van der Waals surface area (Å²) in [5.41, 5.74) is 3.17. The molecule has 3 aromatic rings. The normalized spacial score (nSPS) is 15.9. The lowest BCUT2D eigenvalue weighted by atomic mass is 10.0. The highest BCUT2D eigenvalue weighted by molar-refractivity contribution is 6.20. The highest BCUT2D eigenvalue weighted by atomic mass is 16.6. The van der Waals surface area contributed by atoms with E-state index in [1.807, 2.05) is 84.9 Å². The maximum atomic E-state index is 13.6. The topological polar surface area (TPSA) is 100 Å². The predicted octanol–water partition coefficient (Wildman–Crippen LogP) is 4.47. The van der Waals surface area contributed by atoms with Crippen LogP contribution in [0.2, 0.25) is 0 Å². The molecule has 3 aromatic carbocycles. The average molecular weight is 527 g/mol. The molecule has 0 unspecified atom stereocenters. The van der Waals surface area contributed by atoms with Gasteiger partial charge in [0.2, 0.25) is 12.1 Å². The molecule has 0 spiro atoms. The molecule has 0 saturated heterocycles. The number of ether oxygens (including phenoxy) is 1. The van der Waals surface area contributed by atoms with Gasteiger partial charge in [-0.15, -0.1) is 0 Å². The highest BCUT2D eigenvalue weighted by Crippen LogP contribution is 2.27. The molecule has 1 heterocycles. The van der Waals surface area contributed by atoms with Gasteiger partial charge in [0.1, 0.15) is 11.6 Å². The second kappa shape index (κ2) is 11.9. The molecule has 0 bridgehead atoms. The van der Waals surface area contributed by atoms with E-state index in [2.05, 4.69) is 10.6 Å². The average Bonchev–Trinajstić information content (AvgIpc) is 3.01. The van der Waals surface area contributed by atoms with Crippen LogP contribution in [0.5, 0.6) is 0 Å². The number of fused-ring (bicyclic) bond motifs is 1. The number of aryl methyl sites for hydroxylation is 1. The number of nitrogens with zero attached hydrogens (tertiary/aromatic N) is 2. The van der Waals surface area contributed by atoms with Crippen molar-refractivity contribution in [3.05, 3.63) is 102 Å². The third kappa shape index (κ3) is 7.10. The van der Waals surface area contributed by atoms with E-state index in [4.69, 9.17) is 9.73 Å². The van der Waals surface area contributed by atoms with Gasteiger partial charge in [-0.1, -0.05) is 78.9 Å². The summed E-state index contributed by atoms with van der Waals surface area (Å²) in [5.74, 6) is -0.911. The number of hydrogen-bond acceptors (Lipinski definition) is 5. The Labute approximate surface area is 229 Å². The Morgan fingerprint density at radius 1 is 0.949 bits per heavy atom. The number of hydrogen-bond donors (Lipinski definition) is 2. The predicted molar refractivity (Wildman–Crippen MR) is 152 cm³/mol. The van der Waals surface area contributed by atoms with Gasteiger partial charge in [-0.05, 0) is 45.2 Å². The molecule has 202 valence electrons. The monoisotopic (exact) mass is 526 g/mol. The fourth-order valence-electron chi connectivity index (χ4n) is 4.35. The zero-order valence-corrected chi connectivity index (χ0v) is 22.7. The summed E-state index contributed by atoms with van der Waals surface area (Å²) in [5, 5.41) is 5.48. The number of aliphatic imine (C=N–C) groups is 1. The van der Waals surface area contributed by atoms with Gasteiger partial charge in [0.15, 0.2) is 0 Å². The fraction of sp³-hybridized carbons (Fsp3) is 0.290. The number of alkyl carbamates (subject to hydrolysis) is 1. The fourth-order valence-corrected chi connectivity index (χ4v) is 4.35. The van der Waals surface area contributed by atoms with Gasteiger partial charge >= 0.3 is 6.09 Å². The van der Waals surface area contributed by atoms with E-state index >= 15 is 0 Å². The van der Waals surface area contributed by atoms with Crippen molar-refractivity contribution in [2.75, 3.05) is 11.9 Å². The van der Waals surface area contributed by atoms with Crippen molar-refractivity contribution in [3.8, 4) is 0 Å². The smallest absolute Gasteiger partial charge is 0.408 e. The summed E-state index contributed by atoms with van der Waals surface area (Å²) in [6.45, 7) is 5.26. The molecule has 8 nitrogen and oxygen atoms in total. The van der Waals surface area contributed by atoms with Gasteiger partial charge in [0, 0.05) is 18.2 Å². The molecule has 8 heteroatoms. The van der Waals surface area contributed by atoms with E-state index in [9.17, 15) is 14.4 Å². The van der Waals surface area contributed by atoms with Crippen LogP contribution in [0.15, 0.2) is 89.9 Å². The van der Waals surface area contributed by atoms with Crippen LogP contribution in [0.3, 0.4) is 0 Å². The van der Waals surface area contributed by atoms with Gasteiger partial charge in [-0.2, -0.15) is 0 Å². The van der Waals surface area contributed by atoms with Crippen LogP contribution in [0, 0.1) is 0 Å². The number of likely N-dealkylation sites (N-methyl/N-ethyl adjacent to an activating group) is 1. The molecular formula is C31H34N4O4. The van der Waals surface area contributed by atoms with Crippen LogP contribution in [0.1, 0.15) is 43.9 Å². The number of carbonyl (C=O) groups is 3. The number of anilines is 1. The molecule has 0 radical (unpaired) electrons. The first-order valence-electron chi connectivity index (χ1n) is 13.0. The minimum absolute atomic E-state index is 0.307. The van der Waals surface area contributed by atoms with Crippen LogP contribution in [0.4, 0.5) is 10.5 Å². The van der Waals surface area contributed by atoms with Crippen molar-refractivity contribution in [1.29, 1.82) is 0 Å². The lowest BCUT2D eigenvalue weighted by molar-refractivity contribution is -0.128. The summed E-state index contributed by atoms with van der Waals surface area (Å²) in [4.78, 5) is 46.0. The quantitative estimate of drug-likeness (QED) is 0.475. The van der Waals surface area contributed by atoms with Crippen molar-refractivity contribution in [2.45, 2.75) is 51.4 Å². The molecule has 39 heavy (non-hydrogen) atoms. The number of nitrogens with one attached hydrogen (secondary N) is 2. The third-order valence-corrected chi connectivity index (χ3v) is 6.24. The van der Waals surface area contributed by atoms with Crippen molar-refractivity contribution >= 4 is 29.3 Å². The van der Waals surface area contributed by atoms with Gasteiger partial charge in [-0.25, -0.2) is 9.79 Å². The minimum atomic E-state index is -1.19. The minimum Gasteiger partial charge on any atom is -0.444 e.